The fourth-order valence-corrected chi connectivity index (χ4v) is 0.962. The first-order valence-electron chi connectivity index (χ1n) is 4.41. The molecule has 0 aromatic heterocycles. The first-order valence-corrected chi connectivity index (χ1v) is 4.41. The van der Waals surface area contributed by atoms with Gasteiger partial charge in [0.1, 0.15) is 6.61 Å². The Kier molecular flexibility index (Phi) is 4.27. The summed E-state index contributed by atoms with van der Waals surface area (Å²) in [7, 11) is 0. The quantitative estimate of drug-likeness (QED) is 0.438. The summed E-state index contributed by atoms with van der Waals surface area (Å²) in [5.74, 6) is -0.389. The molecule has 0 saturated carbocycles. The molecule has 0 fully saturated rings. The van der Waals surface area contributed by atoms with Crippen LogP contribution in [0.2, 0.25) is 0 Å². The Bertz CT molecular complexity index is 295. The molecule has 3 heteroatoms. The molecule has 0 aliphatic rings. The van der Waals surface area contributed by atoms with Crippen molar-refractivity contribution in [2.75, 3.05) is 18.5 Å². The van der Waals surface area contributed by atoms with E-state index in [2.05, 4.69) is 11.9 Å². The number of carbonyl (C=O) groups is 1. The predicted octanol–water partition coefficient (Wildman–Crippen LogP) is 1.83. The molecule has 1 N–H and O–H groups in total. The third-order valence-corrected chi connectivity index (χ3v) is 1.62. The second kappa shape index (κ2) is 5.80. The third kappa shape index (κ3) is 3.76. The highest BCUT2D eigenvalue weighted by Crippen LogP contribution is 2.03. The van der Waals surface area contributed by atoms with Gasteiger partial charge in [0.15, 0.2) is 0 Å². The van der Waals surface area contributed by atoms with Gasteiger partial charge in [-0.15, -0.1) is 0 Å². The van der Waals surface area contributed by atoms with Crippen molar-refractivity contribution in [3.05, 3.63) is 43.0 Å². The number of hydrogen-bond acceptors (Lipinski definition) is 3. The highest BCUT2D eigenvalue weighted by Gasteiger charge is 1.94. The van der Waals surface area contributed by atoms with Crippen molar-refractivity contribution in [2.45, 2.75) is 0 Å². The van der Waals surface area contributed by atoms with Crippen molar-refractivity contribution in [2.24, 2.45) is 0 Å². The van der Waals surface area contributed by atoms with E-state index >= 15 is 0 Å². The summed E-state index contributed by atoms with van der Waals surface area (Å²) in [6, 6.07) is 9.74. The van der Waals surface area contributed by atoms with Crippen molar-refractivity contribution in [3.8, 4) is 0 Å². The van der Waals surface area contributed by atoms with Crippen LogP contribution in [0, 0.1) is 0 Å². The average Bonchev–Trinajstić information content (AvgIpc) is 2.25. The standard InChI is InChI=1S/C11H13NO2/c1-2-11(13)14-9-8-12-10-6-4-3-5-7-10/h2-7,12H,1,8-9H2. The molecule has 3 nitrogen and oxygen atoms in total. The van der Waals surface area contributed by atoms with Crippen LogP contribution in [0.3, 0.4) is 0 Å². The van der Waals surface area contributed by atoms with E-state index in [1.54, 1.807) is 0 Å². The molecular formula is C11H13NO2. The van der Waals surface area contributed by atoms with E-state index in [0.29, 0.717) is 13.2 Å². The molecule has 0 amide bonds. The van der Waals surface area contributed by atoms with Crippen LogP contribution in [0.4, 0.5) is 5.69 Å². The van der Waals surface area contributed by atoms with Crippen LogP contribution < -0.4 is 5.32 Å². The van der Waals surface area contributed by atoms with Gasteiger partial charge in [0, 0.05) is 18.3 Å². The number of carbonyl (C=O) groups excluding carboxylic acids is 1. The van der Waals surface area contributed by atoms with Crippen molar-refractivity contribution in [1.82, 2.24) is 0 Å². The molecule has 0 aliphatic heterocycles. The molecule has 0 unspecified atom stereocenters. The van der Waals surface area contributed by atoms with E-state index in [1.807, 2.05) is 30.3 Å². The van der Waals surface area contributed by atoms with Gasteiger partial charge in [0.2, 0.25) is 0 Å². The summed E-state index contributed by atoms with van der Waals surface area (Å²) >= 11 is 0. The number of nitrogens with one attached hydrogen (secondary N) is 1. The van der Waals surface area contributed by atoms with Crippen molar-refractivity contribution in [1.29, 1.82) is 0 Å². The Hall–Kier alpha value is -1.77. The number of esters is 1. The normalized spacial score (nSPS) is 9.14. The van der Waals surface area contributed by atoms with Gasteiger partial charge in [-0.05, 0) is 12.1 Å². The van der Waals surface area contributed by atoms with Gasteiger partial charge in [-0.1, -0.05) is 24.8 Å². The maximum Gasteiger partial charge on any atom is 0.330 e. The van der Waals surface area contributed by atoms with E-state index in [0.717, 1.165) is 11.8 Å². The fourth-order valence-electron chi connectivity index (χ4n) is 0.962. The van der Waals surface area contributed by atoms with Gasteiger partial charge in [0.05, 0.1) is 0 Å². The lowest BCUT2D eigenvalue weighted by molar-refractivity contribution is -0.137. The molecule has 0 spiro atoms. The maximum atomic E-state index is 10.7. The molecule has 74 valence electrons. The van der Waals surface area contributed by atoms with Gasteiger partial charge in [-0.25, -0.2) is 4.79 Å². The molecule has 0 bridgehead atoms. The summed E-state index contributed by atoms with van der Waals surface area (Å²) in [6.45, 7) is 4.25. The number of rotatable bonds is 5. The van der Waals surface area contributed by atoms with E-state index in [4.69, 9.17) is 4.74 Å². The Morgan fingerprint density at radius 3 is 2.79 bits per heavy atom. The molecule has 1 rings (SSSR count). The SMILES string of the molecule is C=CC(=O)OCCNc1ccccc1. The predicted molar refractivity (Wildman–Crippen MR) is 56.1 cm³/mol. The average molecular weight is 191 g/mol. The van der Waals surface area contributed by atoms with Gasteiger partial charge in [-0.2, -0.15) is 0 Å². The largest absolute Gasteiger partial charge is 0.461 e. The first-order chi connectivity index (χ1) is 6.83. The van der Waals surface area contributed by atoms with Crippen LogP contribution in [0.1, 0.15) is 0 Å². The van der Waals surface area contributed by atoms with Gasteiger partial charge in [0.25, 0.3) is 0 Å². The van der Waals surface area contributed by atoms with Crippen molar-refractivity contribution >= 4 is 11.7 Å². The van der Waals surface area contributed by atoms with Crippen LogP contribution in [-0.4, -0.2) is 19.1 Å². The highest BCUT2D eigenvalue weighted by molar-refractivity contribution is 5.81. The summed E-state index contributed by atoms with van der Waals surface area (Å²) in [4.78, 5) is 10.7. The number of hydrogen-bond donors (Lipinski definition) is 1. The minimum atomic E-state index is -0.389. The number of anilines is 1. The zero-order valence-electron chi connectivity index (χ0n) is 7.90. The Balaban J connectivity index is 2.16. The van der Waals surface area contributed by atoms with Crippen molar-refractivity contribution < 1.29 is 9.53 Å². The van der Waals surface area contributed by atoms with Crippen LogP contribution in [-0.2, 0) is 9.53 Å². The summed E-state index contributed by atoms with van der Waals surface area (Å²) in [5.41, 5.74) is 1.02. The molecule has 0 heterocycles. The zero-order chi connectivity index (χ0) is 10.2. The third-order valence-electron chi connectivity index (χ3n) is 1.62. The summed E-state index contributed by atoms with van der Waals surface area (Å²) in [5, 5.41) is 3.11. The molecule has 14 heavy (non-hydrogen) atoms. The minimum Gasteiger partial charge on any atom is -0.461 e. The van der Waals surface area contributed by atoms with E-state index in [-0.39, 0.29) is 5.97 Å². The molecule has 1 aromatic rings. The Morgan fingerprint density at radius 2 is 2.14 bits per heavy atom. The van der Waals surface area contributed by atoms with E-state index in [9.17, 15) is 4.79 Å². The van der Waals surface area contributed by atoms with E-state index in [1.165, 1.54) is 0 Å². The lowest BCUT2D eigenvalue weighted by Gasteiger charge is -2.05. The number of ether oxygens (including phenoxy) is 1. The zero-order valence-corrected chi connectivity index (χ0v) is 7.90. The molecule has 0 atom stereocenters. The minimum absolute atomic E-state index is 0.347. The van der Waals surface area contributed by atoms with Crippen LogP contribution in [0.5, 0.6) is 0 Å². The first kappa shape index (κ1) is 10.3. The van der Waals surface area contributed by atoms with Crippen LogP contribution >= 0.6 is 0 Å². The Morgan fingerprint density at radius 1 is 1.43 bits per heavy atom. The fraction of sp³-hybridized carbons (Fsp3) is 0.182. The monoisotopic (exact) mass is 191 g/mol. The number of benzene rings is 1. The van der Waals surface area contributed by atoms with Crippen LogP contribution in [0.25, 0.3) is 0 Å². The van der Waals surface area contributed by atoms with Crippen molar-refractivity contribution in [3.63, 3.8) is 0 Å². The summed E-state index contributed by atoms with van der Waals surface area (Å²) in [6.07, 6.45) is 1.16. The topological polar surface area (TPSA) is 38.3 Å². The lowest BCUT2D eigenvalue weighted by atomic mass is 10.3. The molecule has 0 aliphatic carbocycles. The van der Waals surface area contributed by atoms with Gasteiger partial charge >= 0.3 is 5.97 Å². The smallest absolute Gasteiger partial charge is 0.330 e. The second-order valence-corrected chi connectivity index (χ2v) is 2.66. The van der Waals surface area contributed by atoms with Gasteiger partial charge in [-0.3, -0.25) is 0 Å². The lowest BCUT2D eigenvalue weighted by Crippen LogP contribution is -2.11. The molecule has 1 aromatic carbocycles. The number of para-hydroxylation sites is 1. The second-order valence-electron chi connectivity index (χ2n) is 2.66. The Labute approximate surface area is 83.4 Å². The van der Waals surface area contributed by atoms with Gasteiger partial charge < -0.3 is 10.1 Å². The summed E-state index contributed by atoms with van der Waals surface area (Å²) < 4.78 is 4.79. The highest BCUT2D eigenvalue weighted by atomic mass is 16.5. The van der Waals surface area contributed by atoms with Crippen LogP contribution in [0.15, 0.2) is 43.0 Å². The molecular weight excluding hydrogens is 178 g/mol. The molecule has 0 radical (unpaired) electrons. The maximum absolute atomic E-state index is 10.7. The van der Waals surface area contributed by atoms with E-state index < -0.39 is 0 Å². The molecule has 0 saturated heterocycles.